The number of carbonyl (C=O) groups is 2. The molecule has 6 heteroatoms. The third kappa shape index (κ3) is 4.83. The van der Waals surface area contributed by atoms with Gasteiger partial charge in [-0.25, -0.2) is 0 Å². The lowest BCUT2D eigenvalue weighted by Crippen LogP contribution is -2.58. The van der Waals surface area contributed by atoms with Crippen molar-refractivity contribution in [1.29, 1.82) is 5.26 Å². The average Bonchev–Trinajstić information content (AvgIpc) is 2.75. The highest BCUT2D eigenvalue weighted by molar-refractivity contribution is 5.94. The summed E-state index contributed by atoms with van der Waals surface area (Å²) in [6, 6.07) is 8.74. The van der Waals surface area contributed by atoms with E-state index in [0.717, 1.165) is 25.7 Å². The predicted octanol–water partition coefficient (Wildman–Crippen LogP) is 3.64. The second-order valence-electron chi connectivity index (χ2n) is 10.5. The molecular weight excluding hydrogens is 402 g/mol. The SMILES string of the molecule is CC(C)NC(=O)[C@@H](C)[C@H]1CC[C@]2(C)CC[C@H](NC(=O)c3ccc(C#N)cc3)[C@H](C)[C@@H]2[C@H]1O. The second-order valence-corrected chi connectivity index (χ2v) is 10.5. The Labute approximate surface area is 191 Å². The van der Waals surface area contributed by atoms with Gasteiger partial charge < -0.3 is 15.7 Å². The summed E-state index contributed by atoms with van der Waals surface area (Å²) in [7, 11) is 0. The first-order chi connectivity index (χ1) is 15.1. The highest BCUT2D eigenvalue weighted by Gasteiger charge is 2.53. The Morgan fingerprint density at radius 2 is 1.78 bits per heavy atom. The monoisotopic (exact) mass is 439 g/mol. The molecule has 2 fully saturated rings. The minimum Gasteiger partial charge on any atom is -0.392 e. The summed E-state index contributed by atoms with van der Waals surface area (Å²) in [5.41, 5.74) is 1.07. The Morgan fingerprint density at radius 1 is 1.16 bits per heavy atom. The molecule has 2 saturated carbocycles. The van der Waals surface area contributed by atoms with E-state index in [0.29, 0.717) is 11.1 Å². The largest absolute Gasteiger partial charge is 0.392 e. The maximum Gasteiger partial charge on any atom is 0.251 e. The fourth-order valence-corrected chi connectivity index (χ4v) is 6.06. The number of amides is 2. The van der Waals surface area contributed by atoms with Gasteiger partial charge in [-0.15, -0.1) is 0 Å². The van der Waals surface area contributed by atoms with E-state index in [-0.39, 0.29) is 53.0 Å². The number of nitriles is 1. The van der Waals surface area contributed by atoms with Gasteiger partial charge in [0.1, 0.15) is 0 Å². The standard InChI is InChI=1S/C26H37N3O3/c1-15(2)28-24(31)16(3)20-10-12-26(5)13-11-21(17(4)22(26)23(20)30)29-25(32)19-8-6-18(14-27)7-9-19/h6-9,15-17,20-23,30H,10-13H2,1-5H3,(H,28,31)(H,29,32)/t16-,17-,20+,21-,22+,23-,26+/m0/s1. The van der Waals surface area contributed by atoms with Crippen molar-refractivity contribution in [2.24, 2.45) is 29.1 Å². The minimum atomic E-state index is -0.578. The Bertz CT molecular complexity index is 875. The van der Waals surface area contributed by atoms with E-state index in [2.05, 4.69) is 30.6 Å². The number of rotatable bonds is 5. The molecule has 0 aliphatic heterocycles. The lowest BCUT2D eigenvalue weighted by atomic mass is 9.51. The first-order valence-corrected chi connectivity index (χ1v) is 11.9. The van der Waals surface area contributed by atoms with Crippen molar-refractivity contribution in [1.82, 2.24) is 10.6 Å². The molecule has 0 spiro atoms. The van der Waals surface area contributed by atoms with Gasteiger partial charge in [-0.3, -0.25) is 9.59 Å². The van der Waals surface area contributed by atoms with Gasteiger partial charge in [-0.2, -0.15) is 5.26 Å². The molecule has 1 aromatic rings. The van der Waals surface area contributed by atoms with E-state index in [1.807, 2.05) is 20.8 Å². The van der Waals surface area contributed by atoms with Crippen LogP contribution in [0.4, 0.5) is 0 Å². The van der Waals surface area contributed by atoms with Crippen molar-refractivity contribution in [2.75, 3.05) is 0 Å². The maximum absolute atomic E-state index is 12.8. The number of fused-ring (bicyclic) bond motifs is 1. The molecule has 0 saturated heterocycles. The molecule has 7 atom stereocenters. The van der Waals surface area contributed by atoms with Gasteiger partial charge in [-0.05, 0) is 87.0 Å². The van der Waals surface area contributed by atoms with E-state index in [9.17, 15) is 14.7 Å². The number of aliphatic hydroxyl groups excluding tert-OH is 1. The zero-order valence-electron chi connectivity index (χ0n) is 19.9. The lowest BCUT2D eigenvalue weighted by molar-refractivity contribution is -0.142. The third-order valence-corrected chi connectivity index (χ3v) is 7.97. The number of benzene rings is 1. The molecule has 0 heterocycles. The topological polar surface area (TPSA) is 102 Å². The van der Waals surface area contributed by atoms with Gasteiger partial charge in [0.2, 0.25) is 5.91 Å². The average molecular weight is 440 g/mol. The summed E-state index contributed by atoms with van der Waals surface area (Å²) in [5.74, 6) is -0.368. The summed E-state index contributed by atoms with van der Waals surface area (Å²) in [5, 5.41) is 26.6. The molecule has 2 amide bonds. The van der Waals surface area contributed by atoms with Crippen LogP contribution in [0.5, 0.6) is 0 Å². The van der Waals surface area contributed by atoms with Crippen LogP contribution >= 0.6 is 0 Å². The second kappa shape index (κ2) is 9.62. The molecule has 3 rings (SSSR count). The molecule has 32 heavy (non-hydrogen) atoms. The van der Waals surface area contributed by atoms with Crippen LogP contribution < -0.4 is 10.6 Å². The zero-order chi connectivity index (χ0) is 23.6. The number of hydrogen-bond acceptors (Lipinski definition) is 4. The van der Waals surface area contributed by atoms with Crippen LogP contribution in [0.2, 0.25) is 0 Å². The van der Waals surface area contributed by atoms with Gasteiger partial charge >= 0.3 is 0 Å². The van der Waals surface area contributed by atoms with E-state index in [4.69, 9.17) is 5.26 Å². The van der Waals surface area contributed by atoms with Crippen LogP contribution in [0.25, 0.3) is 0 Å². The smallest absolute Gasteiger partial charge is 0.251 e. The van der Waals surface area contributed by atoms with Crippen molar-refractivity contribution in [3.63, 3.8) is 0 Å². The third-order valence-electron chi connectivity index (χ3n) is 7.97. The van der Waals surface area contributed by atoms with Crippen molar-refractivity contribution < 1.29 is 14.7 Å². The van der Waals surface area contributed by atoms with Gasteiger partial charge in [0, 0.05) is 23.6 Å². The number of nitrogens with zero attached hydrogens (tertiary/aromatic N) is 1. The van der Waals surface area contributed by atoms with Crippen LogP contribution in [-0.2, 0) is 4.79 Å². The Hall–Kier alpha value is -2.39. The van der Waals surface area contributed by atoms with E-state index < -0.39 is 6.10 Å². The molecule has 174 valence electrons. The number of nitrogens with one attached hydrogen (secondary N) is 2. The van der Waals surface area contributed by atoms with Crippen LogP contribution in [-0.4, -0.2) is 35.1 Å². The lowest BCUT2D eigenvalue weighted by Gasteiger charge is -2.56. The fourth-order valence-electron chi connectivity index (χ4n) is 6.06. The highest BCUT2D eigenvalue weighted by Crippen LogP contribution is 2.55. The molecular formula is C26H37N3O3. The number of carbonyl (C=O) groups excluding carboxylic acids is 2. The van der Waals surface area contributed by atoms with E-state index in [1.165, 1.54) is 0 Å². The Balaban J connectivity index is 1.73. The molecule has 2 aliphatic rings. The summed E-state index contributed by atoms with van der Waals surface area (Å²) >= 11 is 0. The molecule has 6 nitrogen and oxygen atoms in total. The first-order valence-electron chi connectivity index (χ1n) is 11.9. The summed E-state index contributed by atoms with van der Waals surface area (Å²) in [6.07, 6.45) is 3.06. The van der Waals surface area contributed by atoms with Crippen LogP contribution in [0.3, 0.4) is 0 Å². The maximum atomic E-state index is 12.8. The van der Waals surface area contributed by atoms with Crippen LogP contribution in [0.1, 0.15) is 76.2 Å². The molecule has 0 unspecified atom stereocenters. The van der Waals surface area contributed by atoms with E-state index in [1.54, 1.807) is 24.3 Å². The quantitative estimate of drug-likeness (QED) is 0.652. The van der Waals surface area contributed by atoms with Crippen molar-refractivity contribution in [3.05, 3.63) is 35.4 Å². The van der Waals surface area contributed by atoms with Gasteiger partial charge in [0.25, 0.3) is 5.91 Å². The Kier molecular flexibility index (Phi) is 7.29. The Morgan fingerprint density at radius 3 is 2.38 bits per heavy atom. The molecule has 0 radical (unpaired) electrons. The van der Waals surface area contributed by atoms with Crippen molar-refractivity contribution in [2.45, 2.75) is 78.5 Å². The van der Waals surface area contributed by atoms with Crippen LogP contribution in [0, 0.1) is 40.4 Å². The van der Waals surface area contributed by atoms with Crippen molar-refractivity contribution >= 4 is 11.8 Å². The predicted molar refractivity (Wildman–Crippen MR) is 124 cm³/mol. The summed E-state index contributed by atoms with van der Waals surface area (Å²) < 4.78 is 0. The number of hydrogen-bond donors (Lipinski definition) is 3. The van der Waals surface area contributed by atoms with Gasteiger partial charge in [0.15, 0.2) is 0 Å². The van der Waals surface area contributed by atoms with Crippen molar-refractivity contribution in [3.8, 4) is 6.07 Å². The molecule has 0 bridgehead atoms. The minimum absolute atomic E-state index is 0.00165. The van der Waals surface area contributed by atoms with Crippen LogP contribution in [0.15, 0.2) is 24.3 Å². The molecule has 2 aliphatic carbocycles. The summed E-state index contributed by atoms with van der Waals surface area (Å²) in [4.78, 5) is 25.5. The zero-order valence-corrected chi connectivity index (χ0v) is 19.9. The molecule has 0 aromatic heterocycles. The fraction of sp³-hybridized carbons (Fsp3) is 0.654. The number of aliphatic hydroxyl groups is 1. The summed E-state index contributed by atoms with van der Waals surface area (Å²) in [6.45, 7) is 10.2. The first kappa shape index (κ1) is 24.3. The molecule has 1 aromatic carbocycles. The molecule has 3 N–H and O–H groups in total. The van der Waals surface area contributed by atoms with E-state index >= 15 is 0 Å². The van der Waals surface area contributed by atoms with Gasteiger partial charge in [0.05, 0.1) is 17.7 Å². The highest BCUT2D eigenvalue weighted by atomic mass is 16.3. The van der Waals surface area contributed by atoms with Gasteiger partial charge in [-0.1, -0.05) is 20.8 Å². The normalized spacial score (nSPS) is 33.0.